The summed E-state index contributed by atoms with van der Waals surface area (Å²) >= 11 is 0. The Labute approximate surface area is 136 Å². The van der Waals surface area contributed by atoms with E-state index in [9.17, 15) is 0 Å². The first-order chi connectivity index (χ1) is 11.2. The van der Waals surface area contributed by atoms with E-state index >= 15 is 0 Å². The first-order valence-electron chi connectivity index (χ1n) is 7.70. The molecule has 0 unspecified atom stereocenters. The zero-order valence-electron chi connectivity index (χ0n) is 14.0. The molecule has 0 spiro atoms. The third-order valence-electron chi connectivity index (χ3n) is 4.22. The average Bonchev–Trinajstić information content (AvgIpc) is 2.59. The lowest BCUT2D eigenvalue weighted by atomic mass is 9.90. The van der Waals surface area contributed by atoms with Crippen molar-refractivity contribution in [3.63, 3.8) is 0 Å². The van der Waals surface area contributed by atoms with Gasteiger partial charge >= 0.3 is 0 Å². The summed E-state index contributed by atoms with van der Waals surface area (Å²) in [6, 6.07) is 12.1. The second kappa shape index (κ2) is 6.50. The van der Waals surface area contributed by atoms with Gasteiger partial charge in [-0.15, -0.1) is 0 Å². The molecule has 0 aliphatic carbocycles. The number of rotatable bonds is 4. The number of ether oxygens (including phenoxy) is 4. The molecule has 0 bridgehead atoms. The van der Waals surface area contributed by atoms with Crippen LogP contribution in [-0.2, 0) is 11.2 Å². The lowest BCUT2D eigenvalue weighted by molar-refractivity contribution is 0.00710. The van der Waals surface area contributed by atoms with Crippen molar-refractivity contribution in [2.24, 2.45) is 0 Å². The first-order valence-corrected chi connectivity index (χ1v) is 7.70. The third kappa shape index (κ3) is 2.99. The molecule has 1 aliphatic rings. The minimum absolute atomic E-state index is 0.112. The fourth-order valence-corrected chi connectivity index (χ4v) is 3.08. The normalized spacial score (nSPS) is 19.8. The molecule has 122 valence electrons. The number of methoxy groups -OCH3 is 3. The minimum Gasteiger partial charge on any atom is -0.497 e. The van der Waals surface area contributed by atoms with Crippen molar-refractivity contribution in [1.82, 2.24) is 0 Å². The van der Waals surface area contributed by atoms with Crippen LogP contribution in [0.3, 0.4) is 0 Å². The predicted molar refractivity (Wildman–Crippen MR) is 88.6 cm³/mol. The van der Waals surface area contributed by atoms with Gasteiger partial charge in [-0.2, -0.15) is 0 Å². The fraction of sp³-hybridized carbons (Fsp3) is 0.368. The molecular weight excluding hydrogens is 292 g/mol. The Morgan fingerprint density at radius 2 is 1.70 bits per heavy atom. The van der Waals surface area contributed by atoms with Crippen molar-refractivity contribution >= 4 is 0 Å². The average molecular weight is 314 g/mol. The second-order valence-corrected chi connectivity index (χ2v) is 5.71. The van der Waals surface area contributed by atoms with E-state index in [1.54, 1.807) is 21.3 Å². The molecule has 2 aromatic rings. The van der Waals surface area contributed by atoms with Crippen LogP contribution in [-0.4, -0.2) is 27.4 Å². The van der Waals surface area contributed by atoms with Gasteiger partial charge in [-0.1, -0.05) is 12.1 Å². The van der Waals surface area contributed by atoms with E-state index in [1.165, 1.54) is 11.1 Å². The summed E-state index contributed by atoms with van der Waals surface area (Å²) in [6.45, 7) is 2.09. The first kappa shape index (κ1) is 15.7. The molecule has 2 atom stereocenters. The van der Waals surface area contributed by atoms with E-state index in [0.717, 1.165) is 23.5 Å². The minimum atomic E-state index is -0.112. The van der Waals surface area contributed by atoms with E-state index in [-0.39, 0.29) is 12.2 Å². The quantitative estimate of drug-likeness (QED) is 0.861. The predicted octanol–water partition coefficient (Wildman–Crippen LogP) is 3.76. The van der Waals surface area contributed by atoms with Crippen molar-refractivity contribution in [3.8, 4) is 17.2 Å². The summed E-state index contributed by atoms with van der Waals surface area (Å²) in [7, 11) is 4.97. The molecule has 0 aromatic heterocycles. The van der Waals surface area contributed by atoms with Gasteiger partial charge in [-0.3, -0.25) is 0 Å². The van der Waals surface area contributed by atoms with Crippen LogP contribution in [0, 0.1) is 0 Å². The van der Waals surface area contributed by atoms with Gasteiger partial charge in [0, 0.05) is 0 Å². The number of fused-ring (bicyclic) bond motifs is 1. The van der Waals surface area contributed by atoms with Gasteiger partial charge in [0.2, 0.25) is 0 Å². The van der Waals surface area contributed by atoms with Gasteiger partial charge in [-0.25, -0.2) is 0 Å². The van der Waals surface area contributed by atoms with Crippen molar-refractivity contribution in [2.45, 2.75) is 25.6 Å². The summed E-state index contributed by atoms with van der Waals surface area (Å²) in [6.07, 6.45) is 0.920. The number of hydrogen-bond donors (Lipinski definition) is 0. The maximum atomic E-state index is 6.21. The largest absolute Gasteiger partial charge is 0.497 e. The maximum Gasteiger partial charge on any atom is 0.161 e. The van der Waals surface area contributed by atoms with Crippen molar-refractivity contribution < 1.29 is 18.9 Å². The molecule has 1 aliphatic heterocycles. The van der Waals surface area contributed by atoms with Crippen LogP contribution < -0.4 is 14.2 Å². The maximum absolute atomic E-state index is 6.21. The highest BCUT2D eigenvalue weighted by molar-refractivity contribution is 5.48. The molecule has 0 saturated heterocycles. The van der Waals surface area contributed by atoms with E-state index < -0.39 is 0 Å². The Bertz CT molecular complexity index is 696. The van der Waals surface area contributed by atoms with Crippen LogP contribution in [0.15, 0.2) is 36.4 Å². The zero-order valence-corrected chi connectivity index (χ0v) is 14.0. The van der Waals surface area contributed by atoms with Crippen LogP contribution in [0.5, 0.6) is 17.2 Å². The van der Waals surface area contributed by atoms with Crippen LogP contribution in [0.4, 0.5) is 0 Å². The Balaban J connectivity index is 2.04. The summed E-state index contributed by atoms with van der Waals surface area (Å²) in [5.74, 6) is 2.31. The molecule has 2 aromatic carbocycles. The molecule has 0 fully saturated rings. The topological polar surface area (TPSA) is 36.9 Å². The van der Waals surface area contributed by atoms with Crippen LogP contribution in [0.25, 0.3) is 0 Å². The van der Waals surface area contributed by atoms with Gasteiger partial charge in [0.25, 0.3) is 0 Å². The fourth-order valence-electron chi connectivity index (χ4n) is 3.08. The molecule has 1 heterocycles. The van der Waals surface area contributed by atoms with Crippen LogP contribution >= 0.6 is 0 Å². The molecule has 0 N–H and O–H groups in total. The van der Waals surface area contributed by atoms with Crippen LogP contribution in [0.2, 0.25) is 0 Å². The molecule has 4 heteroatoms. The SMILES string of the molecule is COc1ccc2c(c1)C[C@H](C)O[C@@H]2c1ccc(OC)c(OC)c1. The van der Waals surface area contributed by atoms with Crippen molar-refractivity contribution in [2.75, 3.05) is 21.3 Å². The van der Waals surface area contributed by atoms with Gasteiger partial charge in [0.1, 0.15) is 11.9 Å². The molecule has 0 radical (unpaired) electrons. The van der Waals surface area contributed by atoms with Crippen LogP contribution in [0.1, 0.15) is 29.7 Å². The van der Waals surface area contributed by atoms with E-state index in [4.69, 9.17) is 18.9 Å². The summed E-state index contributed by atoms with van der Waals surface area (Å²) in [5, 5.41) is 0. The highest BCUT2D eigenvalue weighted by Crippen LogP contribution is 2.39. The van der Waals surface area contributed by atoms with E-state index in [2.05, 4.69) is 19.1 Å². The molecule has 4 nitrogen and oxygen atoms in total. The van der Waals surface area contributed by atoms with Gasteiger partial charge in [-0.05, 0) is 54.3 Å². The zero-order chi connectivity index (χ0) is 16.4. The van der Waals surface area contributed by atoms with E-state index in [0.29, 0.717) is 5.75 Å². The lowest BCUT2D eigenvalue weighted by Gasteiger charge is -2.31. The molecule has 0 amide bonds. The standard InChI is InChI=1S/C19H22O4/c1-12-9-14-10-15(20-2)6-7-16(14)19(23-12)13-5-8-17(21-3)18(11-13)22-4/h5-8,10-12,19H,9H2,1-4H3/t12-,19+/m0/s1. The van der Waals surface area contributed by atoms with E-state index in [1.807, 2.05) is 24.3 Å². The Hall–Kier alpha value is -2.20. The summed E-state index contributed by atoms with van der Waals surface area (Å²) < 4.78 is 22.3. The lowest BCUT2D eigenvalue weighted by Crippen LogP contribution is -2.24. The van der Waals surface area contributed by atoms with Gasteiger partial charge < -0.3 is 18.9 Å². The smallest absolute Gasteiger partial charge is 0.161 e. The number of hydrogen-bond acceptors (Lipinski definition) is 4. The Morgan fingerprint density at radius 1 is 0.913 bits per heavy atom. The number of benzene rings is 2. The molecule has 0 saturated carbocycles. The summed E-state index contributed by atoms with van der Waals surface area (Å²) in [5.41, 5.74) is 3.50. The Kier molecular flexibility index (Phi) is 4.44. The highest BCUT2D eigenvalue weighted by Gasteiger charge is 2.27. The molecule has 3 rings (SSSR count). The van der Waals surface area contributed by atoms with Crippen molar-refractivity contribution in [1.29, 1.82) is 0 Å². The molecule has 23 heavy (non-hydrogen) atoms. The monoisotopic (exact) mass is 314 g/mol. The van der Waals surface area contributed by atoms with Gasteiger partial charge in [0.15, 0.2) is 11.5 Å². The molecular formula is C19H22O4. The van der Waals surface area contributed by atoms with Gasteiger partial charge in [0.05, 0.1) is 27.4 Å². The summed E-state index contributed by atoms with van der Waals surface area (Å²) in [4.78, 5) is 0. The highest BCUT2D eigenvalue weighted by atomic mass is 16.5. The van der Waals surface area contributed by atoms with Crippen molar-refractivity contribution in [3.05, 3.63) is 53.1 Å². The second-order valence-electron chi connectivity index (χ2n) is 5.71. The third-order valence-corrected chi connectivity index (χ3v) is 4.22. The Morgan fingerprint density at radius 3 is 2.39 bits per heavy atom.